The number of amides is 2. The van der Waals surface area contributed by atoms with E-state index in [2.05, 4.69) is 5.32 Å². The van der Waals surface area contributed by atoms with E-state index in [1.807, 2.05) is 0 Å². The van der Waals surface area contributed by atoms with E-state index in [-0.39, 0.29) is 12.6 Å². The number of halogens is 3. The van der Waals surface area contributed by atoms with Crippen LogP contribution < -0.4 is 5.32 Å². The first-order chi connectivity index (χ1) is 12.8. The topological polar surface area (TPSA) is 102 Å². The first kappa shape index (κ1) is 21.5. The number of hydrogen-bond donors (Lipinski definition) is 1. The van der Waals surface area contributed by atoms with Crippen LogP contribution in [0.15, 0.2) is 18.2 Å². The Labute approximate surface area is 158 Å². The molecule has 1 aliphatic rings. The van der Waals surface area contributed by atoms with Crippen LogP contribution in [0.4, 0.5) is 23.7 Å². The summed E-state index contributed by atoms with van der Waals surface area (Å²) in [6.07, 6.45) is -4.79. The van der Waals surface area contributed by atoms with E-state index >= 15 is 0 Å². The SMILES string of the molecule is CC(C)(C)OC(=O)N1CCC1CNC(=O)c1cc([N+](=O)[O-])cc(C(F)(F)F)c1. The van der Waals surface area contributed by atoms with E-state index in [0.29, 0.717) is 25.1 Å². The number of nitrogens with zero attached hydrogens (tertiary/aromatic N) is 2. The van der Waals surface area contributed by atoms with E-state index in [1.165, 1.54) is 4.90 Å². The fourth-order valence-corrected chi connectivity index (χ4v) is 2.54. The lowest BCUT2D eigenvalue weighted by Crippen LogP contribution is -2.56. The van der Waals surface area contributed by atoms with Gasteiger partial charge in [0.15, 0.2) is 0 Å². The van der Waals surface area contributed by atoms with E-state index < -0.39 is 45.5 Å². The Morgan fingerprint density at radius 1 is 1.29 bits per heavy atom. The molecule has 0 bridgehead atoms. The third-order valence-electron chi connectivity index (χ3n) is 3.99. The van der Waals surface area contributed by atoms with Gasteiger partial charge in [-0.15, -0.1) is 0 Å². The molecule has 1 heterocycles. The molecule has 1 fully saturated rings. The maximum atomic E-state index is 12.9. The summed E-state index contributed by atoms with van der Waals surface area (Å²) < 4.78 is 44.0. The molecule has 2 amide bonds. The van der Waals surface area contributed by atoms with Crippen molar-refractivity contribution in [3.8, 4) is 0 Å². The van der Waals surface area contributed by atoms with Gasteiger partial charge in [-0.2, -0.15) is 13.2 Å². The molecule has 0 radical (unpaired) electrons. The summed E-state index contributed by atoms with van der Waals surface area (Å²) in [4.78, 5) is 35.5. The Morgan fingerprint density at radius 2 is 1.93 bits per heavy atom. The molecule has 0 aromatic heterocycles. The number of nitrogens with one attached hydrogen (secondary N) is 1. The lowest BCUT2D eigenvalue weighted by Gasteiger charge is -2.41. The van der Waals surface area contributed by atoms with Gasteiger partial charge in [-0.05, 0) is 33.3 Å². The fraction of sp³-hybridized carbons (Fsp3) is 0.529. The van der Waals surface area contributed by atoms with Gasteiger partial charge in [0.25, 0.3) is 11.6 Å². The maximum absolute atomic E-state index is 12.9. The molecule has 1 aromatic rings. The Kier molecular flexibility index (Phi) is 5.86. The monoisotopic (exact) mass is 403 g/mol. The minimum Gasteiger partial charge on any atom is -0.444 e. The van der Waals surface area contributed by atoms with Gasteiger partial charge >= 0.3 is 12.3 Å². The van der Waals surface area contributed by atoms with Gasteiger partial charge < -0.3 is 15.0 Å². The molecule has 1 aliphatic heterocycles. The van der Waals surface area contributed by atoms with Crippen molar-refractivity contribution >= 4 is 17.7 Å². The lowest BCUT2D eigenvalue weighted by molar-refractivity contribution is -0.385. The first-order valence-corrected chi connectivity index (χ1v) is 8.42. The minimum atomic E-state index is -4.83. The van der Waals surface area contributed by atoms with Crippen LogP contribution in [0.5, 0.6) is 0 Å². The van der Waals surface area contributed by atoms with Crippen molar-refractivity contribution in [2.45, 2.75) is 45.0 Å². The average Bonchev–Trinajstić information content (AvgIpc) is 2.50. The van der Waals surface area contributed by atoms with Gasteiger partial charge in [0.2, 0.25) is 0 Å². The predicted molar refractivity (Wildman–Crippen MR) is 91.8 cm³/mol. The second kappa shape index (κ2) is 7.64. The van der Waals surface area contributed by atoms with Crippen LogP contribution in [-0.2, 0) is 10.9 Å². The molecule has 1 saturated heterocycles. The van der Waals surface area contributed by atoms with Crippen molar-refractivity contribution in [1.82, 2.24) is 10.2 Å². The van der Waals surface area contributed by atoms with Crippen molar-refractivity contribution in [3.63, 3.8) is 0 Å². The lowest BCUT2D eigenvalue weighted by atomic mass is 10.0. The molecule has 28 heavy (non-hydrogen) atoms. The van der Waals surface area contributed by atoms with Gasteiger partial charge in [-0.3, -0.25) is 14.9 Å². The van der Waals surface area contributed by atoms with Crippen LogP contribution in [0.2, 0.25) is 0 Å². The molecule has 1 aromatic carbocycles. The Bertz CT molecular complexity index is 789. The smallest absolute Gasteiger partial charge is 0.416 e. The van der Waals surface area contributed by atoms with E-state index in [4.69, 9.17) is 4.74 Å². The Morgan fingerprint density at radius 3 is 2.39 bits per heavy atom. The van der Waals surface area contributed by atoms with Crippen molar-refractivity contribution in [3.05, 3.63) is 39.4 Å². The number of carbonyl (C=O) groups excluding carboxylic acids is 2. The van der Waals surface area contributed by atoms with Gasteiger partial charge in [0.05, 0.1) is 16.5 Å². The van der Waals surface area contributed by atoms with Crippen LogP contribution in [0.25, 0.3) is 0 Å². The molecular formula is C17H20F3N3O5. The largest absolute Gasteiger partial charge is 0.444 e. The third-order valence-corrected chi connectivity index (χ3v) is 3.99. The van der Waals surface area contributed by atoms with Crippen molar-refractivity contribution < 1.29 is 32.4 Å². The molecule has 154 valence electrons. The van der Waals surface area contributed by atoms with E-state index in [0.717, 1.165) is 6.07 Å². The predicted octanol–water partition coefficient (Wildman–Crippen LogP) is 3.35. The van der Waals surface area contributed by atoms with Crippen LogP contribution in [0.1, 0.15) is 43.1 Å². The van der Waals surface area contributed by atoms with Crippen molar-refractivity contribution in [1.29, 1.82) is 0 Å². The highest BCUT2D eigenvalue weighted by molar-refractivity contribution is 5.95. The van der Waals surface area contributed by atoms with Crippen LogP contribution in [0.3, 0.4) is 0 Å². The summed E-state index contributed by atoms with van der Waals surface area (Å²) in [5.41, 5.74) is -3.29. The molecule has 1 unspecified atom stereocenters. The molecule has 1 atom stereocenters. The second-order valence-corrected chi connectivity index (χ2v) is 7.35. The van der Waals surface area contributed by atoms with E-state index in [9.17, 15) is 32.9 Å². The number of carbonyl (C=O) groups is 2. The van der Waals surface area contributed by atoms with Gasteiger partial charge in [0, 0.05) is 30.8 Å². The summed E-state index contributed by atoms with van der Waals surface area (Å²) in [7, 11) is 0. The summed E-state index contributed by atoms with van der Waals surface area (Å²) in [6, 6.07) is 1.33. The molecular weight excluding hydrogens is 383 g/mol. The molecule has 0 saturated carbocycles. The van der Waals surface area contributed by atoms with Gasteiger partial charge in [0.1, 0.15) is 5.60 Å². The number of nitro benzene ring substituents is 1. The standard InChI is InChI=1S/C17H20F3N3O5/c1-16(2,3)28-15(25)22-5-4-12(22)9-21-14(24)10-6-11(17(18,19)20)8-13(7-10)23(26)27/h6-8,12H,4-5,9H2,1-3H3,(H,21,24). The number of nitro groups is 1. The highest BCUT2D eigenvalue weighted by atomic mass is 19.4. The van der Waals surface area contributed by atoms with Crippen LogP contribution >= 0.6 is 0 Å². The number of likely N-dealkylation sites (tertiary alicyclic amines) is 1. The molecule has 8 nitrogen and oxygen atoms in total. The maximum Gasteiger partial charge on any atom is 0.416 e. The zero-order valence-electron chi connectivity index (χ0n) is 15.5. The van der Waals surface area contributed by atoms with Crippen LogP contribution in [-0.4, -0.2) is 46.6 Å². The number of non-ortho nitro benzene ring substituents is 1. The summed E-state index contributed by atoms with van der Waals surface area (Å²) in [5, 5.41) is 13.3. The highest BCUT2D eigenvalue weighted by Crippen LogP contribution is 2.32. The number of ether oxygens (including phenoxy) is 1. The molecule has 11 heteroatoms. The summed E-state index contributed by atoms with van der Waals surface area (Å²) in [6.45, 7) is 5.55. The molecule has 2 rings (SSSR count). The highest BCUT2D eigenvalue weighted by Gasteiger charge is 2.36. The second-order valence-electron chi connectivity index (χ2n) is 7.35. The van der Waals surface area contributed by atoms with Crippen LogP contribution in [0, 0.1) is 10.1 Å². The zero-order valence-corrected chi connectivity index (χ0v) is 15.5. The van der Waals surface area contributed by atoms with Crippen molar-refractivity contribution in [2.24, 2.45) is 0 Å². The first-order valence-electron chi connectivity index (χ1n) is 8.42. The van der Waals surface area contributed by atoms with Gasteiger partial charge in [-0.25, -0.2) is 4.79 Å². The molecule has 0 spiro atoms. The number of hydrogen-bond acceptors (Lipinski definition) is 5. The minimum absolute atomic E-state index is 0.0118. The molecule has 1 N–H and O–H groups in total. The molecule has 0 aliphatic carbocycles. The third kappa shape index (κ3) is 5.33. The van der Waals surface area contributed by atoms with Crippen molar-refractivity contribution in [2.75, 3.05) is 13.1 Å². The Hall–Kier alpha value is -2.85. The summed E-state index contributed by atoms with van der Waals surface area (Å²) in [5.74, 6) is -0.898. The fourth-order valence-electron chi connectivity index (χ4n) is 2.54. The number of benzene rings is 1. The Balaban J connectivity index is 2.06. The normalized spacial score (nSPS) is 16.9. The quantitative estimate of drug-likeness (QED) is 0.614. The van der Waals surface area contributed by atoms with E-state index in [1.54, 1.807) is 20.8 Å². The summed E-state index contributed by atoms with van der Waals surface area (Å²) >= 11 is 0. The average molecular weight is 403 g/mol. The zero-order chi connectivity index (χ0) is 21.3. The number of alkyl halides is 3. The van der Waals surface area contributed by atoms with Gasteiger partial charge in [-0.1, -0.05) is 0 Å². The number of rotatable bonds is 4.